The monoisotopic (exact) mass is 333 g/mol. The van der Waals surface area contributed by atoms with E-state index in [1.165, 1.54) is 0 Å². The summed E-state index contributed by atoms with van der Waals surface area (Å²) >= 11 is 12.2. The minimum atomic E-state index is -0.587. The first-order chi connectivity index (χ1) is 9.79. The minimum Gasteiger partial charge on any atom is -0.389 e. The number of halogens is 2. The van der Waals surface area contributed by atoms with Gasteiger partial charge in [0.15, 0.2) is 0 Å². The fourth-order valence-electron chi connectivity index (χ4n) is 2.08. The van der Waals surface area contributed by atoms with Gasteiger partial charge in [0.2, 0.25) is 0 Å². The van der Waals surface area contributed by atoms with Crippen molar-refractivity contribution in [3.8, 4) is 0 Å². The lowest BCUT2D eigenvalue weighted by Gasteiger charge is -2.19. The molecule has 1 aromatic rings. The van der Waals surface area contributed by atoms with Gasteiger partial charge >= 0.3 is 0 Å². The average Bonchev–Trinajstić information content (AvgIpc) is 2.38. The van der Waals surface area contributed by atoms with Crippen LogP contribution in [-0.4, -0.2) is 30.5 Å². The first-order valence-electron chi connectivity index (χ1n) is 7.28. The van der Waals surface area contributed by atoms with Gasteiger partial charge in [-0.25, -0.2) is 0 Å². The molecule has 0 spiro atoms. The summed E-state index contributed by atoms with van der Waals surface area (Å²) in [5, 5.41) is 14.3. The molecule has 0 amide bonds. The molecular weight excluding hydrogens is 309 g/mol. The van der Waals surface area contributed by atoms with Crippen molar-refractivity contribution in [2.24, 2.45) is 5.92 Å². The first kappa shape index (κ1) is 18.6. The molecule has 0 aliphatic rings. The van der Waals surface area contributed by atoms with Crippen LogP contribution in [0.25, 0.3) is 0 Å². The molecule has 2 atom stereocenters. The minimum absolute atomic E-state index is 0.150. The lowest BCUT2D eigenvalue weighted by molar-refractivity contribution is -0.00443. The number of ether oxygens (including phenoxy) is 1. The Morgan fingerprint density at radius 3 is 2.48 bits per heavy atom. The molecule has 0 saturated carbocycles. The Hall–Kier alpha value is -0.480. The number of rotatable bonds is 8. The van der Waals surface area contributed by atoms with Gasteiger partial charge in [-0.3, -0.25) is 0 Å². The van der Waals surface area contributed by atoms with E-state index in [1.54, 1.807) is 12.1 Å². The molecule has 3 nitrogen and oxygen atoms in total. The fraction of sp³-hybridized carbons (Fsp3) is 0.625. The fourth-order valence-corrected chi connectivity index (χ4v) is 2.52. The van der Waals surface area contributed by atoms with Gasteiger partial charge in [0.25, 0.3) is 0 Å². The Morgan fingerprint density at radius 1 is 1.19 bits per heavy atom. The van der Waals surface area contributed by atoms with Gasteiger partial charge in [-0.15, -0.1) is 0 Å². The number of aryl methyl sites for hydroxylation is 1. The Balaban J connectivity index is 2.39. The summed E-state index contributed by atoms with van der Waals surface area (Å²) in [5.74, 6) is 0.587. The second-order valence-corrected chi connectivity index (χ2v) is 6.70. The highest BCUT2D eigenvalue weighted by Crippen LogP contribution is 2.28. The quantitative estimate of drug-likeness (QED) is 0.734. The van der Waals surface area contributed by atoms with Crippen LogP contribution in [0.5, 0.6) is 0 Å². The second-order valence-electron chi connectivity index (χ2n) is 5.89. The predicted molar refractivity (Wildman–Crippen MR) is 90.6 cm³/mol. The summed E-state index contributed by atoms with van der Waals surface area (Å²) in [6.07, 6.45) is 0.548. The molecule has 2 N–H and O–H groups in total. The normalized spacial score (nSPS) is 14.3. The molecule has 0 radical (unpaired) electrons. The van der Waals surface area contributed by atoms with E-state index in [9.17, 15) is 5.11 Å². The molecule has 21 heavy (non-hydrogen) atoms. The number of aliphatic hydroxyl groups excluding tert-OH is 1. The smallest absolute Gasteiger partial charge is 0.0945 e. The van der Waals surface area contributed by atoms with Crippen LogP contribution in [0.2, 0.25) is 10.0 Å². The van der Waals surface area contributed by atoms with Gasteiger partial charge < -0.3 is 15.2 Å². The zero-order valence-corrected chi connectivity index (χ0v) is 14.6. The molecule has 2 unspecified atom stereocenters. The van der Waals surface area contributed by atoms with Gasteiger partial charge in [-0.1, -0.05) is 37.0 Å². The van der Waals surface area contributed by atoms with Crippen molar-refractivity contribution >= 4 is 28.9 Å². The maximum absolute atomic E-state index is 9.94. The molecule has 1 aromatic carbocycles. The summed E-state index contributed by atoms with van der Waals surface area (Å²) in [6, 6.07) is 3.58. The summed E-state index contributed by atoms with van der Waals surface area (Å²) in [5.41, 5.74) is 1.65. The van der Waals surface area contributed by atoms with Crippen molar-refractivity contribution in [2.75, 3.05) is 18.5 Å². The van der Waals surface area contributed by atoms with Gasteiger partial charge in [0.1, 0.15) is 0 Å². The highest BCUT2D eigenvalue weighted by atomic mass is 35.5. The van der Waals surface area contributed by atoms with E-state index in [2.05, 4.69) is 19.2 Å². The van der Waals surface area contributed by atoms with E-state index in [0.29, 0.717) is 29.1 Å². The number of nitrogens with one attached hydrogen (secondary N) is 1. The number of anilines is 1. The van der Waals surface area contributed by atoms with E-state index < -0.39 is 6.10 Å². The largest absolute Gasteiger partial charge is 0.389 e. The van der Waals surface area contributed by atoms with E-state index in [1.807, 2.05) is 13.8 Å². The van der Waals surface area contributed by atoms with E-state index in [0.717, 1.165) is 17.7 Å². The maximum Gasteiger partial charge on any atom is 0.0945 e. The van der Waals surface area contributed by atoms with Crippen LogP contribution in [0.15, 0.2) is 12.1 Å². The van der Waals surface area contributed by atoms with Crippen molar-refractivity contribution in [1.29, 1.82) is 0 Å². The Morgan fingerprint density at radius 2 is 1.86 bits per heavy atom. The predicted octanol–water partition coefficient (Wildman–Crippen LogP) is 4.53. The van der Waals surface area contributed by atoms with Crippen LogP contribution in [0, 0.1) is 12.8 Å². The summed E-state index contributed by atoms with van der Waals surface area (Å²) < 4.78 is 5.63. The standard InChI is InChI=1S/C16H25Cl2NO2/c1-10(2)5-12(4)21-9-13(20)8-19-16-7-14(17)11(3)6-15(16)18/h6-7,10,12-13,19-20H,5,8-9H2,1-4H3. The lowest BCUT2D eigenvalue weighted by atomic mass is 10.1. The first-order valence-corrected chi connectivity index (χ1v) is 8.04. The topological polar surface area (TPSA) is 41.5 Å². The van der Waals surface area contributed by atoms with Crippen LogP contribution in [-0.2, 0) is 4.74 Å². The molecule has 1 rings (SSSR count). The number of hydrogen-bond donors (Lipinski definition) is 2. The molecule has 0 bridgehead atoms. The number of benzene rings is 1. The van der Waals surface area contributed by atoms with E-state index >= 15 is 0 Å². The third kappa shape index (κ3) is 6.88. The highest BCUT2D eigenvalue weighted by Gasteiger charge is 2.11. The van der Waals surface area contributed by atoms with Crippen molar-refractivity contribution < 1.29 is 9.84 Å². The Bertz CT molecular complexity index is 452. The van der Waals surface area contributed by atoms with E-state index in [-0.39, 0.29) is 6.10 Å². The van der Waals surface area contributed by atoms with Gasteiger partial charge in [-0.2, -0.15) is 0 Å². The van der Waals surface area contributed by atoms with Crippen molar-refractivity contribution in [2.45, 2.75) is 46.3 Å². The molecule has 5 heteroatoms. The van der Waals surface area contributed by atoms with Gasteiger partial charge in [0.05, 0.1) is 29.5 Å². The molecular formula is C16H25Cl2NO2. The molecule has 0 heterocycles. The van der Waals surface area contributed by atoms with Crippen LogP contribution in [0.3, 0.4) is 0 Å². The zero-order valence-electron chi connectivity index (χ0n) is 13.1. The third-order valence-electron chi connectivity index (χ3n) is 3.15. The molecule has 0 fully saturated rings. The molecule has 0 aromatic heterocycles. The van der Waals surface area contributed by atoms with Crippen LogP contribution >= 0.6 is 23.2 Å². The number of aliphatic hydroxyl groups is 1. The molecule has 120 valence electrons. The Kier molecular flexibility index (Phi) is 7.82. The van der Waals surface area contributed by atoms with Crippen molar-refractivity contribution in [3.63, 3.8) is 0 Å². The zero-order chi connectivity index (χ0) is 16.0. The second kappa shape index (κ2) is 8.84. The Labute approximate surface area is 137 Å². The summed E-state index contributed by atoms with van der Waals surface area (Å²) in [6.45, 7) is 8.90. The van der Waals surface area contributed by atoms with Crippen LogP contribution in [0.1, 0.15) is 32.8 Å². The maximum atomic E-state index is 9.94. The summed E-state index contributed by atoms with van der Waals surface area (Å²) in [4.78, 5) is 0. The van der Waals surface area contributed by atoms with Gasteiger partial charge in [0, 0.05) is 11.6 Å². The lowest BCUT2D eigenvalue weighted by Crippen LogP contribution is -2.27. The molecule has 0 aliphatic carbocycles. The van der Waals surface area contributed by atoms with Crippen LogP contribution < -0.4 is 5.32 Å². The van der Waals surface area contributed by atoms with Gasteiger partial charge in [-0.05, 0) is 43.9 Å². The van der Waals surface area contributed by atoms with Crippen molar-refractivity contribution in [1.82, 2.24) is 0 Å². The third-order valence-corrected chi connectivity index (χ3v) is 3.87. The SMILES string of the molecule is Cc1cc(Cl)c(NCC(O)COC(C)CC(C)C)cc1Cl. The number of hydrogen-bond acceptors (Lipinski definition) is 3. The van der Waals surface area contributed by atoms with Crippen LogP contribution in [0.4, 0.5) is 5.69 Å². The average molecular weight is 334 g/mol. The van der Waals surface area contributed by atoms with Crippen molar-refractivity contribution in [3.05, 3.63) is 27.7 Å². The highest BCUT2D eigenvalue weighted by molar-refractivity contribution is 6.35. The summed E-state index contributed by atoms with van der Waals surface area (Å²) in [7, 11) is 0. The molecule has 0 saturated heterocycles. The molecule has 0 aliphatic heterocycles. The van der Waals surface area contributed by atoms with E-state index in [4.69, 9.17) is 27.9 Å².